The smallest absolute Gasteiger partial charge is 0.292 e. The zero-order valence-electron chi connectivity index (χ0n) is 8.23. The molecule has 2 rings (SSSR count). The van der Waals surface area contributed by atoms with Crippen molar-refractivity contribution in [3.8, 4) is 6.07 Å². The fourth-order valence-electron chi connectivity index (χ4n) is 1.33. The molecule has 1 N–H and O–H groups in total. The number of carbonyl (C=O) groups is 1. The molecular weight excluding hydrogens is 196 g/mol. The predicted molar refractivity (Wildman–Crippen MR) is 48.8 cm³/mol. The van der Waals surface area contributed by atoms with Crippen molar-refractivity contribution in [1.82, 2.24) is 15.5 Å². The van der Waals surface area contributed by atoms with E-state index in [9.17, 15) is 4.79 Å². The first kappa shape index (κ1) is 9.65. The van der Waals surface area contributed by atoms with Gasteiger partial charge in [-0.3, -0.25) is 4.79 Å². The molecule has 2 unspecified atom stereocenters. The minimum atomic E-state index is -0.346. The fourth-order valence-corrected chi connectivity index (χ4v) is 1.33. The maximum atomic E-state index is 11.3. The van der Waals surface area contributed by atoms with Crippen LogP contribution < -0.4 is 5.32 Å². The topological polar surface area (TPSA) is 91.8 Å². The Hall–Kier alpha value is -1.90. The summed E-state index contributed by atoms with van der Waals surface area (Å²) < 4.78 is 4.92. The van der Waals surface area contributed by atoms with Gasteiger partial charge in [-0.1, -0.05) is 5.16 Å². The van der Waals surface area contributed by atoms with Crippen LogP contribution in [-0.4, -0.2) is 22.6 Å². The molecule has 0 saturated heterocycles. The molecule has 1 aromatic heterocycles. The number of amides is 1. The Morgan fingerprint density at radius 1 is 1.80 bits per heavy atom. The normalized spacial score (nSPS) is 23.2. The second kappa shape index (κ2) is 3.69. The van der Waals surface area contributed by atoms with E-state index in [4.69, 9.17) is 9.78 Å². The first-order valence-corrected chi connectivity index (χ1v) is 4.77. The lowest BCUT2D eigenvalue weighted by Gasteiger charge is -1.93. The molecular formula is C9H10N4O2. The average Bonchev–Trinajstić information content (AvgIpc) is 2.86. The van der Waals surface area contributed by atoms with Crippen LogP contribution in [0.4, 0.5) is 0 Å². The molecule has 1 amide bonds. The molecule has 0 radical (unpaired) electrons. The van der Waals surface area contributed by atoms with Gasteiger partial charge in [-0.15, -0.1) is 0 Å². The third kappa shape index (κ3) is 1.81. The molecule has 0 bridgehead atoms. The quantitative estimate of drug-likeness (QED) is 0.774. The highest BCUT2D eigenvalue weighted by molar-refractivity contribution is 5.90. The van der Waals surface area contributed by atoms with Crippen molar-refractivity contribution >= 4 is 5.91 Å². The molecule has 6 nitrogen and oxygen atoms in total. The fraction of sp³-hybridized carbons (Fsp3) is 0.556. The van der Waals surface area contributed by atoms with Crippen LogP contribution in [-0.2, 0) is 0 Å². The Kier molecular flexibility index (Phi) is 2.37. The van der Waals surface area contributed by atoms with Gasteiger partial charge in [0.05, 0.1) is 17.9 Å². The van der Waals surface area contributed by atoms with Crippen LogP contribution in [0.3, 0.4) is 0 Å². The lowest BCUT2D eigenvalue weighted by molar-refractivity contribution is 0.0942. The number of nitrogens with zero attached hydrogens (tertiary/aromatic N) is 3. The van der Waals surface area contributed by atoms with E-state index in [-0.39, 0.29) is 23.6 Å². The molecule has 0 spiro atoms. The number of hydrogen-bond donors (Lipinski definition) is 1. The molecule has 15 heavy (non-hydrogen) atoms. The number of nitrogens with one attached hydrogen (secondary N) is 1. The molecule has 2 atom stereocenters. The number of rotatable bonds is 3. The SMILES string of the molecule is CCNC(=O)c1noc(C2CC2C#N)n1. The summed E-state index contributed by atoms with van der Waals surface area (Å²) in [5.74, 6) is 0.0677. The summed E-state index contributed by atoms with van der Waals surface area (Å²) in [6.45, 7) is 2.33. The lowest BCUT2D eigenvalue weighted by Crippen LogP contribution is -2.23. The minimum absolute atomic E-state index is 0.0191. The van der Waals surface area contributed by atoms with Crippen LogP contribution in [0.2, 0.25) is 0 Å². The van der Waals surface area contributed by atoms with Crippen LogP contribution in [0.25, 0.3) is 0 Å². The molecule has 1 fully saturated rings. The van der Waals surface area contributed by atoms with Gasteiger partial charge in [-0.05, 0) is 13.3 Å². The summed E-state index contributed by atoms with van der Waals surface area (Å²) in [7, 11) is 0. The Morgan fingerprint density at radius 2 is 2.60 bits per heavy atom. The van der Waals surface area contributed by atoms with Crippen LogP contribution in [0.1, 0.15) is 35.8 Å². The van der Waals surface area contributed by atoms with E-state index in [1.54, 1.807) is 0 Å². The Bertz CT molecular complexity index is 420. The Balaban J connectivity index is 2.05. The number of nitriles is 1. The van der Waals surface area contributed by atoms with Gasteiger partial charge >= 0.3 is 0 Å². The molecule has 1 aliphatic rings. The summed E-state index contributed by atoms with van der Waals surface area (Å²) in [6, 6.07) is 2.12. The second-order valence-electron chi connectivity index (χ2n) is 3.39. The van der Waals surface area contributed by atoms with Gasteiger partial charge in [0.2, 0.25) is 5.89 Å². The van der Waals surface area contributed by atoms with Gasteiger partial charge in [0.15, 0.2) is 0 Å². The second-order valence-corrected chi connectivity index (χ2v) is 3.39. The summed E-state index contributed by atoms with van der Waals surface area (Å²) in [5.41, 5.74) is 0. The zero-order chi connectivity index (χ0) is 10.8. The Morgan fingerprint density at radius 3 is 3.20 bits per heavy atom. The average molecular weight is 206 g/mol. The van der Waals surface area contributed by atoms with E-state index in [1.807, 2.05) is 6.92 Å². The summed E-state index contributed by atoms with van der Waals surface area (Å²) in [4.78, 5) is 15.2. The highest BCUT2D eigenvalue weighted by Crippen LogP contribution is 2.45. The minimum Gasteiger partial charge on any atom is -0.349 e. The Labute approximate surface area is 86.3 Å². The first-order chi connectivity index (χ1) is 7.26. The summed E-state index contributed by atoms with van der Waals surface area (Å²) in [6.07, 6.45) is 0.744. The van der Waals surface area contributed by atoms with Crippen molar-refractivity contribution in [3.05, 3.63) is 11.7 Å². The van der Waals surface area contributed by atoms with Crippen molar-refractivity contribution in [2.24, 2.45) is 5.92 Å². The first-order valence-electron chi connectivity index (χ1n) is 4.77. The third-order valence-corrected chi connectivity index (χ3v) is 2.26. The van der Waals surface area contributed by atoms with E-state index in [0.717, 1.165) is 6.42 Å². The van der Waals surface area contributed by atoms with Crippen LogP contribution in [0, 0.1) is 17.2 Å². The van der Waals surface area contributed by atoms with Crippen molar-refractivity contribution in [1.29, 1.82) is 5.26 Å². The van der Waals surface area contributed by atoms with Crippen molar-refractivity contribution in [2.45, 2.75) is 19.3 Å². The number of hydrogen-bond acceptors (Lipinski definition) is 5. The van der Waals surface area contributed by atoms with E-state index in [2.05, 4.69) is 21.5 Å². The monoisotopic (exact) mass is 206 g/mol. The molecule has 0 aliphatic heterocycles. The molecule has 0 aromatic carbocycles. The van der Waals surface area contributed by atoms with Crippen LogP contribution in [0.15, 0.2) is 4.52 Å². The zero-order valence-corrected chi connectivity index (χ0v) is 8.23. The lowest BCUT2D eigenvalue weighted by atomic mass is 10.3. The van der Waals surface area contributed by atoms with Crippen molar-refractivity contribution in [3.63, 3.8) is 0 Å². The summed E-state index contributed by atoms with van der Waals surface area (Å²) in [5, 5.41) is 14.7. The van der Waals surface area contributed by atoms with Gasteiger partial charge in [0.25, 0.3) is 11.7 Å². The maximum Gasteiger partial charge on any atom is 0.292 e. The van der Waals surface area contributed by atoms with Crippen molar-refractivity contribution < 1.29 is 9.32 Å². The molecule has 1 heterocycles. The number of carbonyl (C=O) groups excluding carboxylic acids is 1. The molecule has 1 aromatic rings. The van der Waals surface area contributed by atoms with Gasteiger partial charge in [0, 0.05) is 6.54 Å². The number of aromatic nitrogens is 2. The van der Waals surface area contributed by atoms with Gasteiger partial charge in [-0.2, -0.15) is 10.2 Å². The summed E-state index contributed by atoms with van der Waals surface area (Å²) >= 11 is 0. The van der Waals surface area contributed by atoms with E-state index < -0.39 is 0 Å². The standard InChI is InChI=1S/C9H10N4O2/c1-2-11-8(14)7-12-9(15-13-7)6-3-5(6)4-10/h5-6H,2-3H2,1H3,(H,11,14). The van der Waals surface area contributed by atoms with E-state index >= 15 is 0 Å². The van der Waals surface area contributed by atoms with Crippen LogP contribution >= 0.6 is 0 Å². The largest absolute Gasteiger partial charge is 0.349 e. The predicted octanol–water partition coefficient (Wildman–Crippen LogP) is 0.446. The highest BCUT2D eigenvalue weighted by Gasteiger charge is 2.43. The van der Waals surface area contributed by atoms with Gasteiger partial charge in [0.1, 0.15) is 0 Å². The van der Waals surface area contributed by atoms with Crippen molar-refractivity contribution in [2.75, 3.05) is 6.54 Å². The van der Waals surface area contributed by atoms with Crippen LogP contribution in [0.5, 0.6) is 0 Å². The van der Waals surface area contributed by atoms with Gasteiger partial charge in [-0.25, -0.2) is 0 Å². The van der Waals surface area contributed by atoms with E-state index in [0.29, 0.717) is 12.4 Å². The molecule has 1 aliphatic carbocycles. The molecule has 1 saturated carbocycles. The highest BCUT2D eigenvalue weighted by atomic mass is 16.5. The molecule has 78 valence electrons. The van der Waals surface area contributed by atoms with Gasteiger partial charge < -0.3 is 9.84 Å². The van der Waals surface area contributed by atoms with E-state index in [1.165, 1.54) is 0 Å². The maximum absolute atomic E-state index is 11.3. The third-order valence-electron chi connectivity index (χ3n) is 2.26. The molecule has 6 heteroatoms.